The molecule has 0 saturated heterocycles. The second kappa shape index (κ2) is 11.9. The minimum atomic E-state index is -1.06. The number of aliphatic hydroxyl groups is 1. The van der Waals surface area contributed by atoms with Crippen LogP contribution >= 0.6 is 0 Å². The zero-order valence-corrected chi connectivity index (χ0v) is 19.8. The predicted octanol–water partition coefficient (Wildman–Crippen LogP) is 3.91. The van der Waals surface area contributed by atoms with Crippen LogP contribution in [0.2, 0.25) is 0 Å². The highest BCUT2D eigenvalue weighted by atomic mass is 16.4. The fraction of sp³-hybridized carbons (Fsp3) is 0.250. The highest BCUT2D eigenvalue weighted by Gasteiger charge is 2.23. The van der Waals surface area contributed by atoms with Crippen LogP contribution in [0.25, 0.3) is 11.1 Å². The number of carbonyl (C=O) groups is 3. The van der Waals surface area contributed by atoms with Crippen LogP contribution in [-0.2, 0) is 22.4 Å². The van der Waals surface area contributed by atoms with E-state index in [9.17, 15) is 19.5 Å². The van der Waals surface area contributed by atoms with Gasteiger partial charge in [0.15, 0.2) is 0 Å². The van der Waals surface area contributed by atoms with Crippen LogP contribution in [0.15, 0.2) is 72.8 Å². The van der Waals surface area contributed by atoms with Crippen molar-refractivity contribution < 1.29 is 24.6 Å². The number of hydrogen-bond acceptors (Lipinski definition) is 4. The van der Waals surface area contributed by atoms with E-state index in [-0.39, 0.29) is 24.9 Å². The standard InChI is InChI=1S/C28H30N2O5/c1-18(2)26(28(34)35)30-27(33)23-9-7-21(8-10-23)22-11-13-24(14-12-22)29-25(32)17-20-5-3-19(4-6-20)15-16-31/h3-14,18,26,31H,15-17H2,1-2H3,(H,29,32)(H,30,33)(H,34,35)/t26-/m0/s1. The Kier molecular flexibility index (Phi) is 8.75. The summed E-state index contributed by atoms with van der Waals surface area (Å²) >= 11 is 0. The lowest BCUT2D eigenvalue weighted by atomic mass is 10.0. The molecule has 35 heavy (non-hydrogen) atoms. The number of aliphatic carboxylic acids is 1. The maximum Gasteiger partial charge on any atom is 0.326 e. The molecule has 182 valence electrons. The summed E-state index contributed by atoms with van der Waals surface area (Å²) in [5.74, 6) is -1.84. The first kappa shape index (κ1) is 25.6. The van der Waals surface area contributed by atoms with Gasteiger partial charge in [-0.1, -0.05) is 62.4 Å². The van der Waals surface area contributed by atoms with Gasteiger partial charge in [-0.25, -0.2) is 4.79 Å². The molecule has 0 aromatic heterocycles. The van der Waals surface area contributed by atoms with Crippen molar-refractivity contribution in [1.29, 1.82) is 0 Å². The normalized spacial score (nSPS) is 11.7. The summed E-state index contributed by atoms with van der Waals surface area (Å²) in [6, 6.07) is 21.0. The topological polar surface area (TPSA) is 116 Å². The third-order valence-corrected chi connectivity index (χ3v) is 5.66. The lowest BCUT2D eigenvalue weighted by molar-refractivity contribution is -0.140. The number of amides is 2. The van der Waals surface area contributed by atoms with Crippen molar-refractivity contribution >= 4 is 23.5 Å². The number of carboxylic acid groups (broad SMARTS) is 1. The zero-order valence-electron chi connectivity index (χ0n) is 19.8. The SMILES string of the molecule is CC(C)[C@H](NC(=O)c1ccc(-c2ccc(NC(=O)Cc3ccc(CCO)cc3)cc2)cc1)C(=O)O. The summed E-state index contributed by atoms with van der Waals surface area (Å²) in [5, 5.41) is 23.7. The van der Waals surface area contributed by atoms with Gasteiger partial charge in [-0.3, -0.25) is 9.59 Å². The second-order valence-electron chi connectivity index (χ2n) is 8.70. The first-order valence-corrected chi connectivity index (χ1v) is 11.5. The van der Waals surface area contributed by atoms with Crippen molar-refractivity contribution in [3.63, 3.8) is 0 Å². The molecule has 7 heteroatoms. The summed E-state index contributed by atoms with van der Waals surface area (Å²) in [6.45, 7) is 3.58. The molecule has 0 aliphatic carbocycles. The van der Waals surface area contributed by atoms with E-state index in [1.807, 2.05) is 48.5 Å². The van der Waals surface area contributed by atoms with Crippen molar-refractivity contribution in [2.45, 2.75) is 32.7 Å². The van der Waals surface area contributed by atoms with Crippen molar-refractivity contribution in [2.75, 3.05) is 11.9 Å². The van der Waals surface area contributed by atoms with Crippen LogP contribution in [0.5, 0.6) is 0 Å². The van der Waals surface area contributed by atoms with E-state index in [4.69, 9.17) is 5.11 Å². The van der Waals surface area contributed by atoms with Crippen molar-refractivity contribution in [3.8, 4) is 11.1 Å². The number of rotatable bonds is 10. The van der Waals surface area contributed by atoms with Gasteiger partial charge < -0.3 is 20.8 Å². The monoisotopic (exact) mass is 474 g/mol. The number of hydrogen-bond donors (Lipinski definition) is 4. The quantitative estimate of drug-likeness (QED) is 0.356. The Morgan fingerprint density at radius 2 is 1.34 bits per heavy atom. The molecule has 0 unspecified atom stereocenters. The largest absolute Gasteiger partial charge is 0.480 e. The fourth-order valence-corrected chi connectivity index (χ4v) is 3.64. The fourth-order valence-electron chi connectivity index (χ4n) is 3.64. The molecule has 7 nitrogen and oxygen atoms in total. The van der Waals surface area contributed by atoms with Gasteiger partial charge >= 0.3 is 5.97 Å². The van der Waals surface area contributed by atoms with Gasteiger partial charge in [0, 0.05) is 17.9 Å². The lowest BCUT2D eigenvalue weighted by Gasteiger charge is -2.18. The van der Waals surface area contributed by atoms with Crippen LogP contribution in [0.4, 0.5) is 5.69 Å². The number of carboxylic acids is 1. The minimum absolute atomic E-state index is 0.0980. The van der Waals surface area contributed by atoms with E-state index in [0.717, 1.165) is 22.3 Å². The van der Waals surface area contributed by atoms with Crippen molar-refractivity contribution in [3.05, 3.63) is 89.5 Å². The molecule has 0 bridgehead atoms. The molecule has 0 spiro atoms. The minimum Gasteiger partial charge on any atom is -0.480 e. The van der Waals surface area contributed by atoms with Gasteiger partial charge in [0.1, 0.15) is 6.04 Å². The summed E-state index contributed by atoms with van der Waals surface area (Å²) in [4.78, 5) is 36.1. The molecule has 0 aliphatic heterocycles. The van der Waals surface area contributed by atoms with Gasteiger partial charge in [-0.15, -0.1) is 0 Å². The van der Waals surface area contributed by atoms with E-state index in [1.165, 1.54) is 0 Å². The van der Waals surface area contributed by atoms with Gasteiger partial charge in [-0.2, -0.15) is 0 Å². The van der Waals surface area contributed by atoms with Gasteiger partial charge in [0.25, 0.3) is 5.91 Å². The maximum atomic E-state index is 12.4. The zero-order chi connectivity index (χ0) is 25.4. The summed E-state index contributed by atoms with van der Waals surface area (Å²) in [6.07, 6.45) is 0.850. The molecule has 3 aromatic rings. The van der Waals surface area contributed by atoms with Crippen LogP contribution < -0.4 is 10.6 Å². The Bertz CT molecular complexity index is 1150. The number of nitrogens with one attached hydrogen (secondary N) is 2. The number of aliphatic hydroxyl groups excluding tert-OH is 1. The molecular weight excluding hydrogens is 444 g/mol. The molecule has 0 fully saturated rings. The molecule has 1 atom stereocenters. The summed E-state index contributed by atoms with van der Waals surface area (Å²) < 4.78 is 0. The van der Waals surface area contributed by atoms with Crippen molar-refractivity contribution in [1.82, 2.24) is 5.32 Å². The first-order valence-electron chi connectivity index (χ1n) is 11.5. The van der Waals surface area contributed by atoms with Crippen LogP contribution in [0.1, 0.15) is 35.3 Å². The molecule has 0 heterocycles. The molecule has 0 radical (unpaired) electrons. The van der Waals surface area contributed by atoms with Gasteiger partial charge in [0.05, 0.1) is 6.42 Å². The van der Waals surface area contributed by atoms with Crippen molar-refractivity contribution in [2.24, 2.45) is 5.92 Å². The second-order valence-corrected chi connectivity index (χ2v) is 8.70. The molecule has 0 aliphatic rings. The lowest BCUT2D eigenvalue weighted by Crippen LogP contribution is -2.44. The number of carbonyl (C=O) groups excluding carboxylic acids is 2. The predicted molar refractivity (Wildman–Crippen MR) is 135 cm³/mol. The Morgan fingerprint density at radius 3 is 1.86 bits per heavy atom. The molecule has 3 rings (SSSR count). The molecule has 0 saturated carbocycles. The highest BCUT2D eigenvalue weighted by molar-refractivity contribution is 5.97. The van der Waals surface area contributed by atoms with E-state index in [1.54, 1.807) is 38.1 Å². The van der Waals surface area contributed by atoms with E-state index < -0.39 is 17.9 Å². The molecule has 4 N–H and O–H groups in total. The third kappa shape index (κ3) is 7.25. The van der Waals surface area contributed by atoms with Crippen LogP contribution in [0, 0.1) is 5.92 Å². The Balaban J connectivity index is 1.58. The van der Waals surface area contributed by atoms with Gasteiger partial charge in [0.2, 0.25) is 5.91 Å². The average molecular weight is 475 g/mol. The Labute approximate surface area is 204 Å². The highest BCUT2D eigenvalue weighted by Crippen LogP contribution is 2.22. The third-order valence-electron chi connectivity index (χ3n) is 5.66. The number of anilines is 1. The summed E-state index contributed by atoms with van der Waals surface area (Å²) in [5.41, 5.74) is 4.80. The number of benzene rings is 3. The van der Waals surface area contributed by atoms with E-state index >= 15 is 0 Å². The Morgan fingerprint density at radius 1 is 0.800 bits per heavy atom. The smallest absolute Gasteiger partial charge is 0.326 e. The van der Waals surface area contributed by atoms with Crippen LogP contribution in [0.3, 0.4) is 0 Å². The summed E-state index contributed by atoms with van der Waals surface area (Å²) in [7, 11) is 0. The first-order chi connectivity index (χ1) is 16.8. The molecular formula is C28H30N2O5. The Hall–Kier alpha value is -3.97. The van der Waals surface area contributed by atoms with Gasteiger partial charge in [-0.05, 0) is 58.9 Å². The van der Waals surface area contributed by atoms with E-state index in [2.05, 4.69) is 10.6 Å². The average Bonchev–Trinajstić information content (AvgIpc) is 2.84. The molecule has 2 amide bonds. The molecule has 3 aromatic carbocycles. The maximum absolute atomic E-state index is 12.4. The van der Waals surface area contributed by atoms with E-state index in [0.29, 0.717) is 17.7 Å². The van der Waals surface area contributed by atoms with Crippen LogP contribution in [-0.4, -0.2) is 40.6 Å².